The van der Waals surface area contributed by atoms with Crippen LogP contribution in [-0.4, -0.2) is 49.1 Å². The molecule has 0 aromatic heterocycles. The van der Waals surface area contributed by atoms with Crippen molar-refractivity contribution in [2.24, 2.45) is 11.8 Å². The van der Waals surface area contributed by atoms with Gasteiger partial charge in [-0.1, -0.05) is 30.9 Å². The summed E-state index contributed by atoms with van der Waals surface area (Å²) in [6.45, 7) is 4.70. The van der Waals surface area contributed by atoms with Gasteiger partial charge in [0.1, 0.15) is 5.75 Å². The third kappa shape index (κ3) is 6.97. The molecule has 0 N–H and O–H groups in total. The maximum absolute atomic E-state index is 12.3. The summed E-state index contributed by atoms with van der Waals surface area (Å²) < 4.78 is 5.43. The molecule has 0 radical (unpaired) electrons. The summed E-state index contributed by atoms with van der Waals surface area (Å²) in [5, 5.41) is 0.640. The molecule has 1 aliphatic heterocycles. The quantitative estimate of drug-likeness (QED) is 0.569. The van der Waals surface area contributed by atoms with Crippen molar-refractivity contribution < 1.29 is 9.53 Å². The maximum atomic E-state index is 12.3. The Hall–Kier alpha value is -1.26. The highest BCUT2D eigenvalue weighted by Crippen LogP contribution is 2.32. The SMILES string of the molecule is CN(CC1CCC(CCCN2CCCCC2)CC1)C(=O)Oc1ccc(Cl)cc1. The van der Waals surface area contributed by atoms with Gasteiger partial charge in [-0.05, 0) is 94.3 Å². The van der Waals surface area contributed by atoms with Gasteiger partial charge in [-0.2, -0.15) is 0 Å². The Bertz CT molecular complexity index is 593. The first-order valence-corrected chi connectivity index (χ1v) is 11.4. The Kier molecular flexibility index (Phi) is 8.47. The molecule has 3 rings (SSSR count). The van der Waals surface area contributed by atoms with Crippen molar-refractivity contribution in [3.8, 4) is 5.75 Å². The van der Waals surface area contributed by atoms with Crippen LogP contribution in [0.4, 0.5) is 4.79 Å². The maximum Gasteiger partial charge on any atom is 0.414 e. The fourth-order valence-electron chi connectivity index (χ4n) is 4.63. The first-order chi connectivity index (χ1) is 13.6. The first kappa shape index (κ1) is 21.4. The minimum atomic E-state index is -0.286. The summed E-state index contributed by atoms with van der Waals surface area (Å²) in [4.78, 5) is 16.7. The second-order valence-corrected chi connectivity index (χ2v) is 9.07. The number of halogens is 1. The van der Waals surface area contributed by atoms with Crippen molar-refractivity contribution in [3.63, 3.8) is 0 Å². The molecule has 1 aliphatic carbocycles. The third-order valence-corrected chi connectivity index (χ3v) is 6.62. The van der Waals surface area contributed by atoms with E-state index in [2.05, 4.69) is 4.90 Å². The van der Waals surface area contributed by atoms with Gasteiger partial charge in [0.15, 0.2) is 0 Å². The summed E-state index contributed by atoms with van der Waals surface area (Å²) in [7, 11) is 1.84. The molecular formula is C23H35ClN2O2. The second-order valence-electron chi connectivity index (χ2n) is 8.63. The number of benzene rings is 1. The lowest BCUT2D eigenvalue weighted by Crippen LogP contribution is -2.35. The molecule has 1 saturated heterocycles. The van der Waals surface area contributed by atoms with E-state index in [4.69, 9.17) is 16.3 Å². The van der Waals surface area contributed by atoms with Gasteiger partial charge in [0.05, 0.1) is 0 Å². The molecule has 0 atom stereocenters. The Morgan fingerprint density at radius 2 is 1.71 bits per heavy atom. The van der Waals surface area contributed by atoms with Crippen LogP contribution in [0.15, 0.2) is 24.3 Å². The first-order valence-electron chi connectivity index (χ1n) is 11.0. The fraction of sp³-hybridized carbons (Fsp3) is 0.696. The zero-order chi connectivity index (χ0) is 19.8. The molecule has 28 heavy (non-hydrogen) atoms. The van der Waals surface area contributed by atoms with Gasteiger partial charge in [-0.15, -0.1) is 0 Å². The van der Waals surface area contributed by atoms with Crippen LogP contribution < -0.4 is 4.74 Å². The normalized spacial score (nSPS) is 23.4. The highest BCUT2D eigenvalue weighted by molar-refractivity contribution is 6.30. The number of amides is 1. The molecule has 1 aromatic carbocycles. The smallest absolute Gasteiger partial charge is 0.410 e. The predicted molar refractivity (Wildman–Crippen MR) is 115 cm³/mol. The minimum absolute atomic E-state index is 0.286. The molecule has 2 aliphatic rings. The number of piperidine rings is 1. The molecule has 0 unspecified atom stereocenters. The molecular weight excluding hydrogens is 372 g/mol. The predicted octanol–water partition coefficient (Wildman–Crippen LogP) is 5.84. The zero-order valence-corrected chi connectivity index (χ0v) is 18.0. The lowest BCUT2D eigenvalue weighted by molar-refractivity contribution is 0.144. The van der Waals surface area contributed by atoms with Crippen LogP contribution in [-0.2, 0) is 0 Å². The average Bonchev–Trinajstić information content (AvgIpc) is 2.72. The number of carbonyl (C=O) groups is 1. The summed E-state index contributed by atoms with van der Waals surface area (Å²) in [5.74, 6) is 2.02. The van der Waals surface area contributed by atoms with Crippen LogP contribution in [0.1, 0.15) is 57.8 Å². The van der Waals surface area contributed by atoms with E-state index in [1.165, 1.54) is 77.4 Å². The van der Waals surface area contributed by atoms with Crippen molar-refractivity contribution >= 4 is 17.7 Å². The Morgan fingerprint density at radius 1 is 1.07 bits per heavy atom. The van der Waals surface area contributed by atoms with E-state index < -0.39 is 0 Å². The third-order valence-electron chi connectivity index (χ3n) is 6.36. The summed E-state index contributed by atoms with van der Waals surface area (Å²) in [5.41, 5.74) is 0. The van der Waals surface area contributed by atoms with Gasteiger partial charge >= 0.3 is 6.09 Å². The van der Waals surface area contributed by atoms with Crippen LogP contribution in [0.3, 0.4) is 0 Å². The van der Waals surface area contributed by atoms with E-state index in [9.17, 15) is 4.79 Å². The van der Waals surface area contributed by atoms with E-state index >= 15 is 0 Å². The number of carbonyl (C=O) groups excluding carboxylic acids is 1. The van der Waals surface area contributed by atoms with Crippen LogP contribution >= 0.6 is 11.6 Å². The van der Waals surface area contributed by atoms with Crippen LogP contribution in [0.5, 0.6) is 5.75 Å². The average molecular weight is 407 g/mol. The van der Waals surface area contributed by atoms with E-state index in [0.29, 0.717) is 16.7 Å². The number of likely N-dealkylation sites (tertiary alicyclic amines) is 1. The fourth-order valence-corrected chi connectivity index (χ4v) is 4.76. The molecule has 1 heterocycles. The molecule has 1 aromatic rings. The van der Waals surface area contributed by atoms with Crippen LogP contribution in [0, 0.1) is 11.8 Å². The number of hydrogen-bond donors (Lipinski definition) is 0. The highest BCUT2D eigenvalue weighted by Gasteiger charge is 2.24. The zero-order valence-electron chi connectivity index (χ0n) is 17.2. The summed E-state index contributed by atoms with van der Waals surface area (Å²) in [6, 6.07) is 6.92. The molecule has 0 bridgehead atoms. The standard InChI is InChI=1S/C23H35ClN2O2/c1-25(23(27)28-22-13-11-21(24)12-14-22)18-20-9-7-19(8-10-20)6-5-17-26-15-3-2-4-16-26/h11-14,19-20H,2-10,15-18H2,1H3. The van der Waals surface area contributed by atoms with Gasteiger partial charge in [-0.3, -0.25) is 0 Å². The van der Waals surface area contributed by atoms with Gasteiger partial charge < -0.3 is 14.5 Å². The van der Waals surface area contributed by atoms with E-state index in [1.807, 2.05) is 7.05 Å². The van der Waals surface area contributed by atoms with E-state index in [-0.39, 0.29) is 6.09 Å². The lowest BCUT2D eigenvalue weighted by Gasteiger charge is -2.32. The van der Waals surface area contributed by atoms with Gasteiger partial charge in [0.2, 0.25) is 0 Å². The topological polar surface area (TPSA) is 32.8 Å². The molecule has 156 valence electrons. The van der Waals surface area contributed by atoms with E-state index in [1.54, 1.807) is 29.2 Å². The van der Waals surface area contributed by atoms with Crippen LogP contribution in [0.25, 0.3) is 0 Å². The van der Waals surface area contributed by atoms with Crippen molar-refractivity contribution in [3.05, 3.63) is 29.3 Å². The largest absolute Gasteiger partial charge is 0.414 e. The Morgan fingerprint density at radius 3 is 2.39 bits per heavy atom. The number of nitrogens with zero attached hydrogens (tertiary/aromatic N) is 2. The monoisotopic (exact) mass is 406 g/mol. The molecule has 5 heteroatoms. The minimum Gasteiger partial charge on any atom is -0.410 e. The van der Waals surface area contributed by atoms with Crippen LogP contribution in [0.2, 0.25) is 5.02 Å². The van der Waals surface area contributed by atoms with Crippen molar-refractivity contribution in [1.82, 2.24) is 9.80 Å². The number of rotatable bonds is 7. The summed E-state index contributed by atoms with van der Waals surface area (Å²) in [6.07, 6.45) is 11.7. The molecule has 1 saturated carbocycles. The second kappa shape index (κ2) is 11.1. The van der Waals surface area contributed by atoms with Crippen molar-refractivity contribution in [2.45, 2.75) is 57.8 Å². The molecule has 0 spiro atoms. The lowest BCUT2D eigenvalue weighted by atomic mass is 9.80. The van der Waals surface area contributed by atoms with Crippen molar-refractivity contribution in [1.29, 1.82) is 0 Å². The molecule has 4 nitrogen and oxygen atoms in total. The summed E-state index contributed by atoms with van der Waals surface area (Å²) >= 11 is 5.87. The van der Waals surface area contributed by atoms with Gasteiger partial charge in [0, 0.05) is 18.6 Å². The van der Waals surface area contributed by atoms with Crippen molar-refractivity contribution in [2.75, 3.05) is 33.2 Å². The highest BCUT2D eigenvalue weighted by atomic mass is 35.5. The van der Waals surface area contributed by atoms with E-state index in [0.717, 1.165) is 12.5 Å². The molecule has 1 amide bonds. The molecule has 2 fully saturated rings. The van der Waals surface area contributed by atoms with Gasteiger partial charge in [-0.25, -0.2) is 4.79 Å². The Labute approximate surface area is 175 Å². The number of hydrogen-bond acceptors (Lipinski definition) is 3. The Balaban J connectivity index is 1.30. The van der Waals surface area contributed by atoms with Gasteiger partial charge in [0.25, 0.3) is 0 Å². The number of ether oxygens (including phenoxy) is 1.